The Balaban J connectivity index is 2.34. The number of amides is 1. The third-order valence-electron chi connectivity index (χ3n) is 2.75. The van der Waals surface area contributed by atoms with Crippen molar-refractivity contribution in [2.24, 2.45) is 0 Å². The lowest BCUT2D eigenvalue weighted by Crippen LogP contribution is -2.32. The minimum atomic E-state index is -4.36. The molecule has 0 radical (unpaired) electrons. The monoisotopic (exact) mass is 303 g/mol. The molecule has 0 aromatic heterocycles. The minimum absolute atomic E-state index is 0.128. The number of carbonyl (C=O) groups is 1. The van der Waals surface area contributed by atoms with Gasteiger partial charge in [-0.3, -0.25) is 4.79 Å². The van der Waals surface area contributed by atoms with Gasteiger partial charge in [-0.2, -0.15) is 13.2 Å². The Hall–Kier alpha value is -1.76. The summed E-state index contributed by atoms with van der Waals surface area (Å²) in [6.07, 6.45) is -4.15. The van der Waals surface area contributed by atoms with Crippen LogP contribution >= 0.6 is 0 Å². The fourth-order valence-electron chi connectivity index (χ4n) is 1.63. The first-order valence-electron chi connectivity index (χ1n) is 6.61. The van der Waals surface area contributed by atoms with Gasteiger partial charge in [-0.1, -0.05) is 6.07 Å². The van der Waals surface area contributed by atoms with E-state index in [1.807, 2.05) is 19.0 Å². The Kier molecular flexibility index (Phi) is 6.48. The van der Waals surface area contributed by atoms with E-state index < -0.39 is 11.7 Å². The molecule has 0 saturated carbocycles. The average molecular weight is 303 g/mol. The second-order valence-electron chi connectivity index (χ2n) is 4.91. The number of carbonyl (C=O) groups excluding carboxylic acids is 1. The van der Waals surface area contributed by atoms with Crippen molar-refractivity contribution in [3.05, 3.63) is 29.8 Å². The molecule has 0 heterocycles. The lowest BCUT2D eigenvalue weighted by molar-refractivity contribution is -0.137. The molecule has 1 rings (SSSR count). The Morgan fingerprint density at radius 3 is 2.57 bits per heavy atom. The van der Waals surface area contributed by atoms with Gasteiger partial charge in [0, 0.05) is 31.7 Å². The van der Waals surface area contributed by atoms with Crippen LogP contribution in [0, 0.1) is 0 Å². The maximum absolute atomic E-state index is 12.5. The molecule has 0 atom stereocenters. The van der Waals surface area contributed by atoms with Crippen LogP contribution in [0.4, 0.5) is 18.9 Å². The van der Waals surface area contributed by atoms with Crippen molar-refractivity contribution in [3.8, 4) is 0 Å². The molecule has 2 N–H and O–H groups in total. The molecule has 0 bridgehead atoms. The summed E-state index contributed by atoms with van der Waals surface area (Å²) >= 11 is 0. The molecule has 21 heavy (non-hydrogen) atoms. The van der Waals surface area contributed by atoms with Gasteiger partial charge in [0.2, 0.25) is 5.91 Å². The zero-order valence-corrected chi connectivity index (χ0v) is 12.1. The highest BCUT2D eigenvalue weighted by Gasteiger charge is 2.30. The number of likely N-dealkylation sites (N-methyl/N-ethyl adjacent to an activating group) is 1. The van der Waals surface area contributed by atoms with Crippen LogP contribution in [0.1, 0.15) is 12.0 Å². The van der Waals surface area contributed by atoms with Gasteiger partial charge in [-0.15, -0.1) is 0 Å². The number of nitrogens with one attached hydrogen (secondary N) is 2. The van der Waals surface area contributed by atoms with E-state index in [-0.39, 0.29) is 18.9 Å². The molecule has 0 unspecified atom stereocenters. The van der Waals surface area contributed by atoms with Crippen molar-refractivity contribution in [3.63, 3.8) is 0 Å². The van der Waals surface area contributed by atoms with Gasteiger partial charge < -0.3 is 15.5 Å². The summed E-state index contributed by atoms with van der Waals surface area (Å²) in [5.41, 5.74) is -0.353. The first-order valence-corrected chi connectivity index (χ1v) is 6.61. The second-order valence-corrected chi connectivity index (χ2v) is 4.91. The van der Waals surface area contributed by atoms with Crippen molar-refractivity contribution in [1.29, 1.82) is 0 Å². The highest BCUT2D eigenvalue weighted by atomic mass is 19.4. The number of alkyl halides is 3. The lowest BCUT2D eigenvalue weighted by Gasteiger charge is -2.12. The molecule has 0 aliphatic heterocycles. The summed E-state index contributed by atoms with van der Waals surface area (Å²) < 4.78 is 37.6. The van der Waals surface area contributed by atoms with E-state index in [9.17, 15) is 18.0 Å². The number of hydrogen-bond donors (Lipinski definition) is 2. The fourth-order valence-corrected chi connectivity index (χ4v) is 1.63. The van der Waals surface area contributed by atoms with Crippen molar-refractivity contribution < 1.29 is 18.0 Å². The normalized spacial score (nSPS) is 11.5. The Morgan fingerprint density at radius 2 is 1.95 bits per heavy atom. The molecule has 0 fully saturated rings. The van der Waals surface area contributed by atoms with Crippen LogP contribution in [0.15, 0.2) is 24.3 Å². The predicted molar refractivity (Wildman–Crippen MR) is 76.1 cm³/mol. The first kappa shape index (κ1) is 17.3. The highest BCUT2D eigenvalue weighted by molar-refractivity contribution is 5.76. The maximum Gasteiger partial charge on any atom is 0.416 e. The summed E-state index contributed by atoms with van der Waals surface area (Å²) in [6.45, 7) is 1.58. The Morgan fingerprint density at radius 1 is 1.24 bits per heavy atom. The van der Waals surface area contributed by atoms with Crippen LogP contribution in [0.5, 0.6) is 0 Å². The average Bonchev–Trinajstić information content (AvgIpc) is 2.37. The van der Waals surface area contributed by atoms with Gasteiger partial charge in [0.1, 0.15) is 0 Å². The smallest absolute Gasteiger partial charge is 0.385 e. The molecule has 0 aliphatic carbocycles. The molecule has 1 amide bonds. The lowest BCUT2D eigenvalue weighted by atomic mass is 10.2. The van der Waals surface area contributed by atoms with E-state index in [4.69, 9.17) is 0 Å². The van der Waals surface area contributed by atoms with Gasteiger partial charge in [0.25, 0.3) is 0 Å². The number of nitrogens with zero attached hydrogens (tertiary/aromatic N) is 1. The highest BCUT2D eigenvalue weighted by Crippen LogP contribution is 2.30. The van der Waals surface area contributed by atoms with E-state index in [0.717, 1.165) is 18.7 Å². The summed E-state index contributed by atoms with van der Waals surface area (Å²) in [4.78, 5) is 13.4. The second kappa shape index (κ2) is 7.87. The fraction of sp³-hybridized carbons (Fsp3) is 0.500. The van der Waals surface area contributed by atoms with Gasteiger partial charge in [-0.05, 0) is 32.3 Å². The topological polar surface area (TPSA) is 44.4 Å². The molecular weight excluding hydrogens is 283 g/mol. The Bertz CT molecular complexity index is 461. The summed E-state index contributed by atoms with van der Waals surface area (Å²) in [6, 6.07) is 4.92. The zero-order chi connectivity index (χ0) is 15.9. The summed E-state index contributed by atoms with van der Waals surface area (Å²) in [5.74, 6) is -0.128. The molecule has 0 saturated heterocycles. The molecular formula is C14H20F3N3O. The molecule has 1 aromatic rings. The van der Waals surface area contributed by atoms with Gasteiger partial charge in [0.15, 0.2) is 0 Å². The predicted octanol–water partition coefficient (Wildman–Crippen LogP) is 2.19. The number of anilines is 1. The number of benzene rings is 1. The van der Waals surface area contributed by atoms with E-state index in [1.165, 1.54) is 6.07 Å². The number of rotatable bonds is 7. The largest absolute Gasteiger partial charge is 0.416 e. The summed E-state index contributed by atoms with van der Waals surface area (Å²) in [7, 11) is 3.81. The zero-order valence-electron chi connectivity index (χ0n) is 12.1. The number of hydrogen-bond acceptors (Lipinski definition) is 3. The summed E-state index contributed by atoms with van der Waals surface area (Å²) in [5, 5.41) is 5.55. The van der Waals surface area contributed by atoms with Crippen LogP contribution in [0.25, 0.3) is 0 Å². The van der Waals surface area contributed by atoms with E-state index in [0.29, 0.717) is 12.2 Å². The van der Waals surface area contributed by atoms with Crippen LogP contribution in [0.2, 0.25) is 0 Å². The Labute approximate surface area is 122 Å². The molecule has 118 valence electrons. The van der Waals surface area contributed by atoms with Crippen LogP contribution < -0.4 is 10.6 Å². The molecule has 4 nitrogen and oxygen atoms in total. The minimum Gasteiger partial charge on any atom is -0.385 e. The van der Waals surface area contributed by atoms with Crippen LogP contribution in [-0.4, -0.2) is 44.5 Å². The SMILES string of the molecule is CN(C)CCNC(=O)CCNc1cccc(C(F)(F)F)c1. The molecule has 1 aromatic carbocycles. The quantitative estimate of drug-likeness (QED) is 0.811. The van der Waals surface area contributed by atoms with Crippen molar-refractivity contribution >= 4 is 11.6 Å². The van der Waals surface area contributed by atoms with Crippen LogP contribution in [-0.2, 0) is 11.0 Å². The van der Waals surface area contributed by atoms with Crippen molar-refractivity contribution in [2.45, 2.75) is 12.6 Å². The third kappa shape index (κ3) is 6.99. The maximum atomic E-state index is 12.5. The van der Waals surface area contributed by atoms with E-state index in [1.54, 1.807) is 6.07 Å². The van der Waals surface area contributed by atoms with E-state index >= 15 is 0 Å². The standard InChI is InChI=1S/C14H20F3N3O/c1-20(2)9-8-19-13(21)6-7-18-12-5-3-4-11(10-12)14(15,16)17/h3-5,10,18H,6-9H2,1-2H3,(H,19,21). The number of halogens is 3. The third-order valence-corrected chi connectivity index (χ3v) is 2.75. The van der Waals surface area contributed by atoms with E-state index in [2.05, 4.69) is 10.6 Å². The first-order chi connectivity index (χ1) is 9.79. The molecule has 7 heteroatoms. The van der Waals surface area contributed by atoms with Gasteiger partial charge >= 0.3 is 6.18 Å². The van der Waals surface area contributed by atoms with Gasteiger partial charge in [0.05, 0.1) is 5.56 Å². The van der Waals surface area contributed by atoms with Crippen molar-refractivity contribution in [1.82, 2.24) is 10.2 Å². The molecule has 0 spiro atoms. The van der Waals surface area contributed by atoms with Gasteiger partial charge in [-0.25, -0.2) is 0 Å². The van der Waals surface area contributed by atoms with Crippen molar-refractivity contribution in [2.75, 3.05) is 39.0 Å². The molecule has 0 aliphatic rings. The van der Waals surface area contributed by atoms with Crippen LogP contribution in [0.3, 0.4) is 0 Å².